The van der Waals surface area contributed by atoms with E-state index in [1.807, 2.05) is 36.1 Å². The number of nitrogens with zero attached hydrogens (tertiary/aromatic N) is 2. The molecule has 1 N–H and O–H groups in total. The highest BCUT2D eigenvalue weighted by Gasteiger charge is 2.42. The van der Waals surface area contributed by atoms with Gasteiger partial charge in [-0.05, 0) is 44.8 Å². The molecule has 2 aliphatic rings. The molecule has 0 aromatic heterocycles. The van der Waals surface area contributed by atoms with Crippen molar-refractivity contribution in [2.24, 2.45) is 5.92 Å². The van der Waals surface area contributed by atoms with Crippen LogP contribution in [0.5, 0.6) is 0 Å². The molecule has 0 spiro atoms. The Morgan fingerprint density at radius 3 is 2.60 bits per heavy atom. The van der Waals surface area contributed by atoms with Crippen molar-refractivity contribution >= 4 is 11.9 Å². The highest BCUT2D eigenvalue weighted by molar-refractivity contribution is 5.81. The summed E-state index contributed by atoms with van der Waals surface area (Å²) in [6, 6.07) is 7.94. The number of hydrogen-bond acceptors (Lipinski definition) is 3. The summed E-state index contributed by atoms with van der Waals surface area (Å²) in [6.07, 6.45) is 2.98. The molecule has 1 amide bonds. The number of likely N-dealkylation sites (tertiary alicyclic amines) is 2. The van der Waals surface area contributed by atoms with Gasteiger partial charge in [-0.1, -0.05) is 36.8 Å². The van der Waals surface area contributed by atoms with Gasteiger partial charge in [0.1, 0.15) is 0 Å². The van der Waals surface area contributed by atoms with Crippen LogP contribution in [0.1, 0.15) is 49.8 Å². The molecule has 1 aromatic rings. The molecule has 2 aliphatic heterocycles. The molecule has 1 aromatic carbocycles. The largest absolute Gasteiger partial charge is 0.481 e. The minimum Gasteiger partial charge on any atom is -0.481 e. The summed E-state index contributed by atoms with van der Waals surface area (Å²) in [7, 11) is 0. The Hall–Kier alpha value is -1.88. The first-order chi connectivity index (χ1) is 12.0. The van der Waals surface area contributed by atoms with Crippen LogP contribution in [0, 0.1) is 12.8 Å². The van der Waals surface area contributed by atoms with Crippen LogP contribution in [0.4, 0.5) is 0 Å². The first-order valence-corrected chi connectivity index (χ1v) is 9.34. The molecular formula is C20H28N2O3. The number of carboxylic acids is 1. The third-order valence-corrected chi connectivity index (χ3v) is 5.76. The summed E-state index contributed by atoms with van der Waals surface area (Å²) in [4.78, 5) is 28.8. The average Bonchev–Trinajstić information content (AvgIpc) is 3.04. The predicted molar refractivity (Wildman–Crippen MR) is 96.3 cm³/mol. The van der Waals surface area contributed by atoms with Crippen molar-refractivity contribution in [2.45, 2.75) is 51.6 Å². The zero-order chi connectivity index (χ0) is 18.0. The van der Waals surface area contributed by atoms with Gasteiger partial charge in [0.2, 0.25) is 5.91 Å². The van der Waals surface area contributed by atoms with Gasteiger partial charge in [-0.2, -0.15) is 0 Å². The topological polar surface area (TPSA) is 60.9 Å². The van der Waals surface area contributed by atoms with Crippen LogP contribution < -0.4 is 0 Å². The number of carboxylic acid groups (broad SMARTS) is 1. The maximum atomic E-state index is 12.7. The molecular weight excluding hydrogens is 316 g/mol. The van der Waals surface area contributed by atoms with Gasteiger partial charge in [-0.15, -0.1) is 0 Å². The molecule has 2 heterocycles. The fourth-order valence-corrected chi connectivity index (χ4v) is 4.35. The fourth-order valence-electron chi connectivity index (χ4n) is 4.35. The lowest BCUT2D eigenvalue weighted by Gasteiger charge is -2.42. The summed E-state index contributed by atoms with van der Waals surface area (Å²) >= 11 is 0. The van der Waals surface area contributed by atoms with Crippen molar-refractivity contribution in [1.29, 1.82) is 0 Å². The van der Waals surface area contributed by atoms with E-state index in [-0.39, 0.29) is 11.9 Å². The summed E-state index contributed by atoms with van der Waals surface area (Å²) in [5.74, 6) is -1.25. The van der Waals surface area contributed by atoms with E-state index in [1.54, 1.807) is 0 Å². The minimum atomic E-state index is -0.804. The molecule has 25 heavy (non-hydrogen) atoms. The van der Waals surface area contributed by atoms with Gasteiger partial charge in [0, 0.05) is 19.0 Å². The normalized spacial score (nSPS) is 27.7. The van der Waals surface area contributed by atoms with Crippen LogP contribution in [0.15, 0.2) is 24.3 Å². The number of rotatable bonds is 5. The second-order valence-electron chi connectivity index (χ2n) is 7.31. The maximum Gasteiger partial charge on any atom is 0.308 e. The lowest BCUT2D eigenvalue weighted by molar-refractivity contribution is -0.152. The zero-order valence-corrected chi connectivity index (χ0v) is 15.1. The number of aryl methyl sites for hydroxylation is 1. The average molecular weight is 344 g/mol. The van der Waals surface area contributed by atoms with Crippen LogP contribution in [0.2, 0.25) is 0 Å². The molecule has 2 fully saturated rings. The lowest BCUT2D eigenvalue weighted by atomic mass is 9.83. The van der Waals surface area contributed by atoms with E-state index in [1.165, 1.54) is 0 Å². The standard InChI is InChI=1S/C20H28N2O3/c1-3-21-12-4-5-16(21)13-22-18(23)11-10-17(20(24)25)19(22)15-8-6-14(2)7-9-15/h6-9,16-17,19H,3-5,10-13H2,1-2H3,(H,24,25)/t16-,17-,19-/m1/s1. The van der Waals surface area contributed by atoms with Gasteiger partial charge in [0.05, 0.1) is 12.0 Å². The number of carbonyl (C=O) groups excluding carboxylic acids is 1. The highest BCUT2D eigenvalue weighted by atomic mass is 16.4. The van der Waals surface area contributed by atoms with Gasteiger partial charge in [0.25, 0.3) is 0 Å². The lowest BCUT2D eigenvalue weighted by Crippen LogP contribution is -2.50. The molecule has 3 atom stereocenters. The van der Waals surface area contributed by atoms with Gasteiger partial charge in [-0.3, -0.25) is 14.5 Å². The quantitative estimate of drug-likeness (QED) is 0.892. The van der Waals surface area contributed by atoms with Crippen molar-refractivity contribution in [3.8, 4) is 0 Å². The Morgan fingerprint density at radius 1 is 1.24 bits per heavy atom. The second-order valence-corrected chi connectivity index (χ2v) is 7.31. The number of piperidine rings is 1. The Balaban J connectivity index is 1.91. The van der Waals surface area contributed by atoms with Crippen molar-refractivity contribution in [2.75, 3.05) is 19.6 Å². The van der Waals surface area contributed by atoms with Crippen LogP contribution in [-0.4, -0.2) is 52.5 Å². The van der Waals surface area contributed by atoms with Crippen LogP contribution in [0.25, 0.3) is 0 Å². The van der Waals surface area contributed by atoms with E-state index in [9.17, 15) is 14.7 Å². The summed E-state index contributed by atoms with van der Waals surface area (Å²) < 4.78 is 0. The molecule has 0 unspecified atom stereocenters. The predicted octanol–water partition coefficient (Wildman–Crippen LogP) is 2.84. The van der Waals surface area contributed by atoms with Crippen LogP contribution >= 0.6 is 0 Å². The molecule has 136 valence electrons. The molecule has 5 heteroatoms. The Bertz CT molecular complexity index is 628. The number of amides is 1. The third kappa shape index (κ3) is 3.71. The number of hydrogen-bond donors (Lipinski definition) is 1. The molecule has 0 bridgehead atoms. The Labute approximate surface area is 149 Å². The van der Waals surface area contributed by atoms with Crippen LogP contribution in [-0.2, 0) is 9.59 Å². The monoisotopic (exact) mass is 344 g/mol. The van der Waals surface area contributed by atoms with E-state index < -0.39 is 11.9 Å². The number of likely N-dealkylation sites (N-methyl/N-ethyl adjacent to an activating group) is 1. The van der Waals surface area contributed by atoms with Crippen molar-refractivity contribution < 1.29 is 14.7 Å². The van der Waals surface area contributed by atoms with Crippen LogP contribution in [0.3, 0.4) is 0 Å². The molecule has 2 saturated heterocycles. The maximum absolute atomic E-state index is 12.7. The van der Waals surface area contributed by atoms with Gasteiger partial charge in [-0.25, -0.2) is 0 Å². The first-order valence-electron chi connectivity index (χ1n) is 9.34. The highest BCUT2D eigenvalue weighted by Crippen LogP contribution is 2.38. The molecule has 0 radical (unpaired) electrons. The molecule has 3 rings (SSSR count). The smallest absolute Gasteiger partial charge is 0.308 e. The number of carbonyl (C=O) groups is 2. The molecule has 0 aliphatic carbocycles. The van der Waals surface area contributed by atoms with E-state index in [0.717, 1.165) is 37.1 Å². The minimum absolute atomic E-state index is 0.0889. The van der Waals surface area contributed by atoms with Crippen molar-refractivity contribution in [1.82, 2.24) is 9.80 Å². The fraction of sp³-hybridized carbons (Fsp3) is 0.600. The van der Waals surface area contributed by atoms with Gasteiger partial charge in [0.15, 0.2) is 0 Å². The number of benzene rings is 1. The van der Waals surface area contributed by atoms with Crippen molar-refractivity contribution in [3.63, 3.8) is 0 Å². The van der Waals surface area contributed by atoms with E-state index >= 15 is 0 Å². The third-order valence-electron chi connectivity index (χ3n) is 5.76. The summed E-state index contributed by atoms with van der Waals surface area (Å²) in [6.45, 7) is 6.84. The van der Waals surface area contributed by atoms with Crippen molar-refractivity contribution in [3.05, 3.63) is 35.4 Å². The second kappa shape index (κ2) is 7.56. The SMILES string of the molecule is CCN1CCC[C@@H]1CN1C(=O)CC[C@@H](C(=O)O)[C@H]1c1ccc(C)cc1. The molecule has 0 saturated carbocycles. The number of aliphatic carboxylic acids is 1. The van der Waals surface area contributed by atoms with Gasteiger partial charge < -0.3 is 10.0 Å². The summed E-state index contributed by atoms with van der Waals surface area (Å²) in [5, 5.41) is 9.74. The van der Waals surface area contributed by atoms with Gasteiger partial charge >= 0.3 is 5.97 Å². The molecule has 5 nitrogen and oxygen atoms in total. The van der Waals surface area contributed by atoms with E-state index in [4.69, 9.17) is 0 Å². The van der Waals surface area contributed by atoms with E-state index in [2.05, 4.69) is 11.8 Å². The zero-order valence-electron chi connectivity index (χ0n) is 15.1. The Morgan fingerprint density at radius 2 is 1.96 bits per heavy atom. The summed E-state index contributed by atoms with van der Waals surface area (Å²) in [5.41, 5.74) is 2.07. The Kier molecular flexibility index (Phi) is 5.42. The van der Waals surface area contributed by atoms with E-state index in [0.29, 0.717) is 25.4 Å². The first kappa shape index (κ1) is 17.9.